The number of amides is 2. The smallest absolute Gasteiger partial charge is 0.274 e. The van der Waals surface area contributed by atoms with Crippen molar-refractivity contribution >= 4 is 38.6 Å². The Balaban J connectivity index is 1.75. The quantitative estimate of drug-likeness (QED) is 0.598. The third-order valence-electron chi connectivity index (χ3n) is 4.84. The van der Waals surface area contributed by atoms with Crippen LogP contribution in [0.2, 0.25) is 0 Å². The Labute approximate surface area is 167 Å². The molecule has 4 N–H and O–H groups in total. The number of rotatable bonds is 3. The van der Waals surface area contributed by atoms with Crippen molar-refractivity contribution in [3.05, 3.63) is 53.3 Å². The minimum Gasteiger partial charge on any atom is -0.349 e. The molecule has 0 unspecified atom stereocenters. The number of nitrogens with one attached hydrogen (secondary N) is 2. The number of carbonyl (C=O) groups is 2. The first-order valence-electron chi connectivity index (χ1n) is 8.90. The van der Waals surface area contributed by atoms with Crippen LogP contribution < -0.4 is 15.8 Å². The first-order chi connectivity index (χ1) is 13.6. The molecule has 0 spiro atoms. The third kappa shape index (κ3) is 3.36. The highest BCUT2D eigenvalue weighted by atomic mass is 32.2. The fraction of sp³-hybridized carbons (Fsp3) is 0.211. The standard InChI is InChI=1S/C19H19N5O4S/c1-10-3-6-16(29(20,27)28)14(7-10)23-18(25)13-5-4-12-8-15-19(26)21-9-11(2)24(15)17(12)22-13/h3-8,11H,9H2,1-2H3,(H,21,26)(H,23,25)(H2,20,27,28)/t11-/m1/s1. The second kappa shape index (κ2) is 6.68. The Hall–Kier alpha value is -3.24. The predicted molar refractivity (Wildman–Crippen MR) is 107 cm³/mol. The number of carbonyl (C=O) groups excluding carboxylic acids is 2. The number of nitrogens with two attached hydrogens (primary N) is 1. The van der Waals surface area contributed by atoms with Crippen LogP contribution in [0.15, 0.2) is 41.3 Å². The maximum absolute atomic E-state index is 12.8. The van der Waals surface area contributed by atoms with Crippen LogP contribution in [0.4, 0.5) is 5.69 Å². The summed E-state index contributed by atoms with van der Waals surface area (Å²) in [6.45, 7) is 4.18. The van der Waals surface area contributed by atoms with Crippen LogP contribution in [-0.2, 0) is 10.0 Å². The monoisotopic (exact) mass is 413 g/mol. The van der Waals surface area contributed by atoms with Crippen molar-refractivity contribution in [3.63, 3.8) is 0 Å². The SMILES string of the molecule is Cc1ccc(S(N)(=O)=O)c(NC(=O)c2ccc3cc4n(c3n2)[C@H](C)CNC4=O)c1. The molecule has 0 radical (unpaired) electrons. The van der Waals surface area contributed by atoms with Crippen molar-refractivity contribution in [2.24, 2.45) is 5.14 Å². The number of fused-ring (bicyclic) bond motifs is 3. The van der Waals surface area contributed by atoms with Gasteiger partial charge in [-0.2, -0.15) is 0 Å². The molecule has 2 aromatic heterocycles. The van der Waals surface area contributed by atoms with E-state index in [-0.39, 0.29) is 28.2 Å². The molecule has 0 bridgehead atoms. The van der Waals surface area contributed by atoms with Gasteiger partial charge in [-0.3, -0.25) is 9.59 Å². The number of aryl methyl sites for hydroxylation is 1. The summed E-state index contributed by atoms with van der Waals surface area (Å²) in [4.78, 5) is 29.2. The summed E-state index contributed by atoms with van der Waals surface area (Å²) in [6.07, 6.45) is 0. The Kier molecular flexibility index (Phi) is 4.39. The zero-order valence-corrected chi connectivity index (χ0v) is 16.6. The third-order valence-corrected chi connectivity index (χ3v) is 5.81. The van der Waals surface area contributed by atoms with Crippen molar-refractivity contribution < 1.29 is 18.0 Å². The highest BCUT2D eigenvalue weighted by Crippen LogP contribution is 2.26. The Morgan fingerprint density at radius 3 is 2.76 bits per heavy atom. The Bertz CT molecular complexity index is 1280. The van der Waals surface area contributed by atoms with Crippen LogP contribution >= 0.6 is 0 Å². The topological polar surface area (TPSA) is 136 Å². The molecule has 150 valence electrons. The summed E-state index contributed by atoms with van der Waals surface area (Å²) in [5.74, 6) is -0.768. The zero-order valence-electron chi connectivity index (χ0n) is 15.8. The van der Waals surface area contributed by atoms with Gasteiger partial charge in [0.2, 0.25) is 10.0 Å². The lowest BCUT2D eigenvalue weighted by molar-refractivity contribution is 0.0918. The summed E-state index contributed by atoms with van der Waals surface area (Å²) in [5, 5.41) is 11.4. The molecule has 0 saturated heterocycles. The summed E-state index contributed by atoms with van der Waals surface area (Å²) < 4.78 is 25.4. The first kappa shape index (κ1) is 19.1. The van der Waals surface area contributed by atoms with E-state index < -0.39 is 15.9 Å². The molecule has 0 aliphatic carbocycles. The van der Waals surface area contributed by atoms with E-state index >= 15 is 0 Å². The van der Waals surface area contributed by atoms with Crippen molar-refractivity contribution in [2.75, 3.05) is 11.9 Å². The number of hydrogen-bond acceptors (Lipinski definition) is 5. The molecule has 2 amide bonds. The van der Waals surface area contributed by atoms with Crippen molar-refractivity contribution in [3.8, 4) is 0 Å². The molecule has 0 saturated carbocycles. The number of benzene rings is 1. The molecule has 3 aromatic rings. The zero-order chi connectivity index (χ0) is 20.9. The van der Waals surface area contributed by atoms with Crippen molar-refractivity contribution in [2.45, 2.75) is 24.8 Å². The second-order valence-electron chi connectivity index (χ2n) is 7.07. The van der Waals surface area contributed by atoms with Crippen LogP contribution in [0.1, 0.15) is 39.5 Å². The van der Waals surface area contributed by atoms with E-state index in [0.29, 0.717) is 17.9 Å². The molecule has 4 rings (SSSR count). The lowest BCUT2D eigenvalue weighted by atomic mass is 10.2. The molecule has 29 heavy (non-hydrogen) atoms. The number of aromatic nitrogens is 2. The average molecular weight is 413 g/mol. The minimum absolute atomic E-state index is 0.0169. The largest absolute Gasteiger partial charge is 0.349 e. The molecular weight excluding hydrogens is 394 g/mol. The van der Waals surface area contributed by atoms with Gasteiger partial charge in [0, 0.05) is 11.9 Å². The van der Waals surface area contributed by atoms with Gasteiger partial charge in [0.1, 0.15) is 21.9 Å². The summed E-state index contributed by atoms with van der Waals surface area (Å²) in [6, 6.07) is 9.42. The van der Waals surface area contributed by atoms with Gasteiger partial charge in [0.15, 0.2) is 0 Å². The van der Waals surface area contributed by atoms with Gasteiger partial charge in [-0.15, -0.1) is 0 Å². The van der Waals surface area contributed by atoms with Crippen LogP contribution in [0.25, 0.3) is 11.0 Å². The predicted octanol–water partition coefficient (Wildman–Crippen LogP) is 1.55. The van der Waals surface area contributed by atoms with Gasteiger partial charge < -0.3 is 15.2 Å². The normalized spacial score (nSPS) is 16.4. The van der Waals surface area contributed by atoms with E-state index in [4.69, 9.17) is 5.14 Å². The van der Waals surface area contributed by atoms with Crippen molar-refractivity contribution in [1.82, 2.24) is 14.9 Å². The fourth-order valence-corrected chi connectivity index (χ4v) is 4.12. The van der Waals surface area contributed by atoms with Crippen LogP contribution in [0, 0.1) is 6.92 Å². The highest BCUT2D eigenvalue weighted by Gasteiger charge is 2.26. The fourth-order valence-electron chi connectivity index (χ4n) is 3.44. The molecule has 10 heteroatoms. The van der Waals surface area contributed by atoms with Gasteiger partial charge >= 0.3 is 0 Å². The van der Waals surface area contributed by atoms with E-state index in [1.807, 2.05) is 6.92 Å². The number of hydrogen-bond donors (Lipinski definition) is 3. The number of sulfonamides is 1. The minimum atomic E-state index is -4.01. The summed E-state index contributed by atoms with van der Waals surface area (Å²) in [7, 11) is -4.01. The lowest BCUT2D eigenvalue weighted by Gasteiger charge is -2.23. The van der Waals surface area contributed by atoms with E-state index in [2.05, 4.69) is 15.6 Å². The first-order valence-corrected chi connectivity index (χ1v) is 10.4. The lowest BCUT2D eigenvalue weighted by Crippen LogP contribution is -2.37. The highest BCUT2D eigenvalue weighted by molar-refractivity contribution is 7.89. The number of primary sulfonamides is 1. The maximum Gasteiger partial charge on any atom is 0.274 e. The van der Waals surface area contributed by atoms with Gasteiger partial charge in [-0.25, -0.2) is 18.5 Å². The van der Waals surface area contributed by atoms with Gasteiger partial charge in [-0.1, -0.05) is 6.07 Å². The molecule has 1 aliphatic heterocycles. The number of anilines is 1. The summed E-state index contributed by atoms with van der Waals surface area (Å²) >= 11 is 0. The molecule has 0 fully saturated rings. The van der Waals surface area contributed by atoms with Gasteiger partial charge in [0.05, 0.1) is 11.7 Å². The van der Waals surface area contributed by atoms with Crippen LogP contribution in [0.3, 0.4) is 0 Å². The molecule has 1 aliphatic rings. The second-order valence-corrected chi connectivity index (χ2v) is 8.60. The maximum atomic E-state index is 12.8. The van der Waals surface area contributed by atoms with Crippen molar-refractivity contribution in [1.29, 1.82) is 0 Å². The number of nitrogens with zero attached hydrogens (tertiary/aromatic N) is 2. The number of pyridine rings is 1. The molecule has 1 aromatic carbocycles. The van der Waals surface area contributed by atoms with E-state index in [1.165, 1.54) is 18.2 Å². The summed E-state index contributed by atoms with van der Waals surface area (Å²) in [5.41, 5.74) is 1.95. The van der Waals surface area contributed by atoms with E-state index in [1.54, 1.807) is 29.7 Å². The Morgan fingerprint density at radius 1 is 1.28 bits per heavy atom. The van der Waals surface area contributed by atoms with E-state index in [0.717, 1.165) is 10.9 Å². The van der Waals surface area contributed by atoms with E-state index in [9.17, 15) is 18.0 Å². The average Bonchev–Trinajstić information content (AvgIpc) is 3.03. The van der Waals surface area contributed by atoms with Crippen LogP contribution in [0.5, 0.6) is 0 Å². The van der Waals surface area contributed by atoms with Gasteiger partial charge in [0.25, 0.3) is 11.8 Å². The molecule has 1 atom stereocenters. The van der Waals surface area contributed by atoms with Gasteiger partial charge in [-0.05, 0) is 49.7 Å². The van der Waals surface area contributed by atoms with Crippen LogP contribution in [-0.4, -0.2) is 36.3 Å². The molecular formula is C19H19N5O4S. The molecule has 9 nitrogen and oxygen atoms in total. The molecule has 3 heterocycles. The Morgan fingerprint density at radius 2 is 2.03 bits per heavy atom.